The zero-order chi connectivity index (χ0) is 13.8. The third-order valence-corrected chi connectivity index (χ3v) is 3.13. The summed E-state index contributed by atoms with van der Waals surface area (Å²) in [6.07, 6.45) is 3.29. The third kappa shape index (κ3) is 10.0. The summed E-state index contributed by atoms with van der Waals surface area (Å²) in [5.41, 5.74) is 0. The number of aliphatic carboxylic acids is 1. The van der Waals surface area contributed by atoms with E-state index in [-0.39, 0.29) is 18.5 Å². The Balaban J connectivity index is 3.79. The Morgan fingerprint density at radius 1 is 1.50 bits per heavy atom. The van der Waals surface area contributed by atoms with Gasteiger partial charge in [-0.15, -0.1) is 6.58 Å². The first-order chi connectivity index (χ1) is 8.60. The zero-order valence-corrected chi connectivity index (χ0v) is 11.6. The average Bonchev–Trinajstić information content (AvgIpc) is 2.28. The molecule has 6 heteroatoms. The average molecular weight is 274 g/mol. The van der Waals surface area contributed by atoms with Gasteiger partial charge in [0.1, 0.15) is 0 Å². The molecule has 0 bridgehead atoms. The number of carbonyl (C=O) groups excluding carboxylic acids is 1. The Labute approximate surface area is 112 Å². The van der Waals surface area contributed by atoms with Gasteiger partial charge in [-0.2, -0.15) is 11.8 Å². The number of thioether (sulfide) groups is 1. The summed E-state index contributed by atoms with van der Waals surface area (Å²) in [4.78, 5) is 22.1. The van der Waals surface area contributed by atoms with E-state index >= 15 is 0 Å². The molecule has 0 aromatic rings. The van der Waals surface area contributed by atoms with Crippen LogP contribution in [-0.2, 0) is 4.79 Å². The highest BCUT2D eigenvalue weighted by Gasteiger charge is 2.14. The molecule has 0 aromatic heterocycles. The van der Waals surface area contributed by atoms with Gasteiger partial charge in [0.25, 0.3) is 0 Å². The fourth-order valence-corrected chi connectivity index (χ4v) is 2.00. The lowest BCUT2D eigenvalue weighted by atomic mass is 10.1. The van der Waals surface area contributed by atoms with Crippen LogP contribution in [0.5, 0.6) is 0 Å². The molecule has 0 saturated carbocycles. The Hall–Kier alpha value is -1.17. The van der Waals surface area contributed by atoms with Gasteiger partial charge < -0.3 is 15.7 Å². The van der Waals surface area contributed by atoms with Crippen molar-refractivity contribution in [2.75, 3.05) is 18.1 Å². The Morgan fingerprint density at radius 2 is 2.22 bits per heavy atom. The monoisotopic (exact) mass is 274 g/mol. The van der Waals surface area contributed by atoms with Crippen LogP contribution in [0.15, 0.2) is 12.7 Å². The summed E-state index contributed by atoms with van der Waals surface area (Å²) in [5, 5.41) is 14.1. The predicted molar refractivity (Wildman–Crippen MR) is 75.0 cm³/mol. The van der Waals surface area contributed by atoms with Gasteiger partial charge in [-0.3, -0.25) is 4.79 Å². The summed E-state index contributed by atoms with van der Waals surface area (Å²) in [7, 11) is 0. The second-order valence-corrected chi connectivity index (χ2v) is 5.00. The highest BCUT2D eigenvalue weighted by Crippen LogP contribution is 2.02. The van der Waals surface area contributed by atoms with E-state index in [2.05, 4.69) is 17.2 Å². The molecule has 1 unspecified atom stereocenters. The molecule has 0 spiro atoms. The van der Waals surface area contributed by atoms with E-state index in [0.717, 1.165) is 17.9 Å². The molecule has 0 rings (SSSR count). The fourth-order valence-electron chi connectivity index (χ4n) is 1.42. The van der Waals surface area contributed by atoms with Crippen molar-refractivity contribution >= 4 is 23.8 Å². The van der Waals surface area contributed by atoms with Gasteiger partial charge in [-0.05, 0) is 6.42 Å². The van der Waals surface area contributed by atoms with Crippen LogP contribution < -0.4 is 10.6 Å². The number of hydrogen-bond acceptors (Lipinski definition) is 3. The van der Waals surface area contributed by atoms with E-state index in [0.29, 0.717) is 13.0 Å². The van der Waals surface area contributed by atoms with E-state index in [1.807, 2.05) is 13.0 Å². The van der Waals surface area contributed by atoms with Gasteiger partial charge in [0, 0.05) is 24.1 Å². The van der Waals surface area contributed by atoms with Crippen molar-refractivity contribution in [1.29, 1.82) is 0 Å². The van der Waals surface area contributed by atoms with Crippen LogP contribution in [0.3, 0.4) is 0 Å². The normalized spacial score (nSPS) is 11.6. The highest BCUT2D eigenvalue weighted by atomic mass is 32.2. The molecule has 1 atom stereocenters. The molecule has 5 nitrogen and oxygen atoms in total. The summed E-state index contributed by atoms with van der Waals surface area (Å²) in [5.74, 6) is 0.785. The lowest BCUT2D eigenvalue weighted by Gasteiger charge is -2.16. The number of carboxylic acid groups (broad SMARTS) is 1. The molecule has 0 fully saturated rings. The van der Waals surface area contributed by atoms with Gasteiger partial charge in [-0.25, -0.2) is 4.79 Å². The first-order valence-corrected chi connectivity index (χ1v) is 7.20. The van der Waals surface area contributed by atoms with E-state index in [1.165, 1.54) is 0 Å². The molecule has 104 valence electrons. The number of urea groups is 1. The number of hydrogen-bond donors (Lipinski definition) is 3. The van der Waals surface area contributed by atoms with Crippen LogP contribution in [0.4, 0.5) is 4.79 Å². The maximum atomic E-state index is 11.5. The molecular weight excluding hydrogens is 252 g/mol. The summed E-state index contributed by atoms with van der Waals surface area (Å²) in [6, 6.07) is -0.595. The predicted octanol–water partition coefficient (Wildman–Crippen LogP) is 1.85. The molecule has 2 amide bonds. The zero-order valence-electron chi connectivity index (χ0n) is 10.8. The van der Waals surface area contributed by atoms with Crippen molar-refractivity contribution in [3.8, 4) is 0 Å². The van der Waals surface area contributed by atoms with Gasteiger partial charge in [0.15, 0.2) is 0 Å². The SMILES string of the molecule is C=CCSCCNC(=O)NC(CCC)CC(=O)O. The van der Waals surface area contributed by atoms with Crippen molar-refractivity contribution in [3.05, 3.63) is 12.7 Å². The maximum Gasteiger partial charge on any atom is 0.315 e. The van der Waals surface area contributed by atoms with Crippen molar-refractivity contribution < 1.29 is 14.7 Å². The molecule has 0 aliphatic heterocycles. The maximum absolute atomic E-state index is 11.5. The van der Waals surface area contributed by atoms with Crippen LogP contribution in [0.1, 0.15) is 26.2 Å². The molecule has 3 N–H and O–H groups in total. The van der Waals surface area contributed by atoms with Crippen LogP contribution in [0.2, 0.25) is 0 Å². The Kier molecular flexibility index (Phi) is 10.2. The first kappa shape index (κ1) is 16.8. The van der Waals surface area contributed by atoms with Crippen molar-refractivity contribution in [1.82, 2.24) is 10.6 Å². The van der Waals surface area contributed by atoms with Crippen molar-refractivity contribution in [2.45, 2.75) is 32.2 Å². The summed E-state index contributed by atoms with van der Waals surface area (Å²) >= 11 is 1.68. The fraction of sp³-hybridized carbons (Fsp3) is 0.667. The van der Waals surface area contributed by atoms with Crippen LogP contribution in [-0.4, -0.2) is 41.2 Å². The molecule has 0 saturated heterocycles. The third-order valence-electron chi connectivity index (χ3n) is 2.16. The minimum Gasteiger partial charge on any atom is -0.481 e. The second kappa shape index (κ2) is 11.0. The number of carboxylic acids is 1. The lowest BCUT2D eigenvalue weighted by molar-refractivity contribution is -0.137. The van der Waals surface area contributed by atoms with Gasteiger partial charge in [-0.1, -0.05) is 19.4 Å². The van der Waals surface area contributed by atoms with Crippen LogP contribution in [0.25, 0.3) is 0 Å². The summed E-state index contributed by atoms with van der Waals surface area (Å²) in [6.45, 7) is 6.13. The van der Waals surface area contributed by atoms with Crippen LogP contribution in [0, 0.1) is 0 Å². The first-order valence-electron chi connectivity index (χ1n) is 6.05. The van der Waals surface area contributed by atoms with Crippen molar-refractivity contribution in [3.63, 3.8) is 0 Å². The van der Waals surface area contributed by atoms with Gasteiger partial charge >= 0.3 is 12.0 Å². The number of rotatable bonds is 10. The number of amides is 2. The van der Waals surface area contributed by atoms with E-state index in [1.54, 1.807) is 11.8 Å². The lowest BCUT2D eigenvalue weighted by Crippen LogP contribution is -2.43. The van der Waals surface area contributed by atoms with E-state index in [9.17, 15) is 9.59 Å². The van der Waals surface area contributed by atoms with E-state index < -0.39 is 5.97 Å². The molecule has 18 heavy (non-hydrogen) atoms. The van der Waals surface area contributed by atoms with Gasteiger partial charge in [0.05, 0.1) is 6.42 Å². The van der Waals surface area contributed by atoms with Crippen LogP contribution >= 0.6 is 11.8 Å². The van der Waals surface area contributed by atoms with E-state index in [4.69, 9.17) is 5.11 Å². The largest absolute Gasteiger partial charge is 0.481 e. The minimum atomic E-state index is -0.893. The molecule has 0 radical (unpaired) electrons. The molecular formula is C12H22N2O3S. The molecule has 0 heterocycles. The number of carbonyl (C=O) groups is 2. The second-order valence-electron chi connectivity index (χ2n) is 3.85. The summed E-state index contributed by atoms with van der Waals surface area (Å²) < 4.78 is 0. The smallest absolute Gasteiger partial charge is 0.315 e. The highest BCUT2D eigenvalue weighted by molar-refractivity contribution is 7.99. The molecule has 0 aliphatic rings. The molecule has 0 aliphatic carbocycles. The quantitative estimate of drug-likeness (QED) is 0.419. The van der Waals surface area contributed by atoms with Gasteiger partial charge in [0.2, 0.25) is 0 Å². The Bertz CT molecular complexity index is 272. The minimum absolute atomic E-state index is 0.0352. The molecule has 0 aromatic carbocycles. The standard InChI is InChI=1S/C12H22N2O3S/c1-3-5-10(9-11(15)16)14-12(17)13-6-8-18-7-4-2/h4,10H,2-3,5-9H2,1H3,(H,15,16)(H2,13,14,17). The van der Waals surface area contributed by atoms with Crippen molar-refractivity contribution in [2.24, 2.45) is 0 Å². The Morgan fingerprint density at radius 3 is 2.78 bits per heavy atom. The topological polar surface area (TPSA) is 78.4 Å². The number of nitrogens with one attached hydrogen (secondary N) is 2.